The molecule has 7 nitrogen and oxygen atoms in total. The minimum Gasteiger partial charge on any atom is -0.481 e. The van der Waals surface area contributed by atoms with Gasteiger partial charge in [0, 0.05) is 44.6 Å². The molecule has 0 saturated carbocycles. The largest absolute Gasteiger partial charge is 0.481 e. The van der Waals surface area contributed by atoms with E-state index in [0.29, 0.717) is 12.4 Å². The fourth-order valence-electron chi connectivity index (χ4n) is 2.42. The van der Waals surface area contributed by atoms with Gasteiger partial charge < -0.3 is 15.4 Å². The molecule has 0 atom stereocenters. The number of halogens is 1. The standard InChI is InChI=1S/C17H26N6O.HI/c1-13-10-14(2)23(22-13)9-5-7-20-17(18-3)21-12-15-6-8-19-16(11-15)24-4;/h6,8,10-11H,5,7,9,12H2,1-4H3,(H2,18,20,21);1H. The van der Waals surface area contributed by atoms with Crippen LogP contribution in [0.4, 0.5) is 0 Å². The van der Waals surface area contributed by atoms with Gasteiger partial charge >= 0.3 is 0 Å². The maximum atomic E-state index is 5.13. The summed E-state index contributed by atoms with van der Waals surface area (Å²) in [6.45, 7) is 6.48. The summed E-state index contributed by atoms with van der Waals surface area (Å²) in [5.41, 5.74) is 3.35. The third-order valence-electron chi connectivity index (χ3n) is 3.63. The maximum Gasteiger partial charge on any atom is 0.213 e. The molecule has 2 rings (SSSR count). The van der Waals surface area contributed by atoms with Crippen LogP contribution in [0.15, 0.2) is 29.4 Å². The minimum atomic E-state index is 0. The summed E-state index contributed by atoms with van der Waals surface area (Å²) in [5.74, 6) is 1.39. The predicted octanol–water partition coefficient (Wildman–Crippen LogP) is 2.28. The van der Waals surface area contributed by atoms with E-state index in [2.05, 4.69) is 38.7 Å². The lowest BCUT2D eigenvalue weighted by Gasteiger charge is -2.12. The highest BCUT2D eigenvalue weighted by atomic mass is 127. The van der Waals surface area contributed by atoms with E-state index >= 15 is 0 Å². The number of aromatic nitrogens is 3. The lowest BCUT2D eigenvalue weighted by Crippen LogP contribution is -2.37. The molecule has 2 aromatic heterocycles. The van der Waals surface area contributed by atoms with Crippen LogP contribution >= 0.6 is 24.0 Å². The van der Waals surface area contributed by atoms with Crippen molar-refractivity contribution in [1.29, 1.82) is 0 Å². The smallest absolute Gasteiger partial charge is 0.213 e. The first-order valence-electron chi connectivity index (χ1n) is 8.07. The Morgan fingerprint density at radius 3 is 2.72 bits per heavy atom. The van der Waals surface area contributed by atoms with Crippen LogP contribution < -0.4 is 15.4 Å². The maximum absolute atomic E-state index is 5.13. The number of guanidine groups is 1. The predicted molar refractivity (Wildman–Crippen MR) is 111 cm³/mol. The summed E-state index contributed by atoms with van der Waals surface area (Å²) in [4.78, 5) is 8.34. The summed E-state index contributed by atoms with van der Waals surface area (Å²) in [6, 6.07) is 5.95. The molecule has 0 bridgehead atoms. The number of methoxy groups -OCH3 is 1. The molecule has 0 spiro atoms. The van der Waals surface area contributed by atoms with Crippen molar-refractivity contribution in [2.45, 2.75) is 33.4 Å². The Labute approximate surface area is 166 Å². The molecule has 0 fully saturated rings. The Bertz CT molecular complexity index is 686. The molecule has 0 aromatic carbocycles. The molecule has 25 heavy (non-hydrogen) atoms. The number of ether oxygens (including phenoxy) is 1. The third-order valence-corrected chi connectivity index (χ3v) is 3.63. The average molecular weight is 458 g/mol. The molecule has 0 radical (unpaired) electrons. The van der Waals surface area contributed by atoms with E-state index < -0.39 is 0 Å². The number of aryl methyl sites for hydroxylation is 3. The van der Waals surface area contributed by atoms with Gasteiger partial charge in [0.1, 0.15) is 0 Å². The Hall–Kier alpha value is -1.84. The van der Waals surface area contributed by atoms with Gasteiger partial charge in [0.25, 0.3) is 0 Å². The molecule has 0 amide bonds. The van der Waals surface area contributed by atoms with E-state index in [9.17, 15) is 0 Å². The average Bonchev–Trinajstić information content (AvgIpc) is 2.92. The number of rotatable bonds is 7. The highest BCUT2D eigenvalue weighted by molar-refractivity contribution is 14.0. The van der Waals surface area contributed by atoms with Crippen molar-refractivity contribution >= 4 is 29.9 Å². The highest BCUT2D eigenvalue weighted by Gasteiger charge is 2.02. The van der Waals surface area contributed by atoms with E-state index in [1.165, 1.54) is 5.69 Å². The first kappa shape index (κ1) is 21.2. The number of nitrogens with one attached hydrogen (secondary N) is 2. The van der Waals surface area contributed by atoms with Crippen molar-refractivity contribution in [2.75, 3.05) is 20.7 Å². The Morgan fingerprint density at radius 1 is 1.28 bits per heavy atom. The summed E-state index contributed by atoms with van der Waals surface area (Å²) < 4.78 is 7.17. The fourth-order valence-corrected chi connectivity index (χ4v) is 2.42. The van der Waals surface area contributed by atoms with E-state index in [1.54, 1.807) is 20.4 Å². The molecule has 8 heteroatoms. The second-order valence-electron chi connectivity index (χ2n) is 5.56. The van der Waals surface area contributed by atoms with Gasteiger partial charge in [0.15, 0.2) is 5.96 Å². The molecule has 0 aliphatic heterocycles. The Kier molecular flexibility index (Phi) is 9.25. The second-order valence-corrected chi connectivity index (χ2v) is 5.56. The van der Waals surface area contributed by atoms with Crippen LogP contribution in [0.3, 0.4) is 0 Å². The summed E-state index contributed by atoms with van der Waals surface area (Å²) in [5, 5.41) is 11.1. The second kappa shape index (κ2) is 10.9. The molecule has 0 unspecified atom stereocenters. The van der Waals surface area contributed by atoms with E-state index in [4.69, 9.17) is 4.74 Å². The summed E-state index contributed by atoms with van der Waals surface area (Å²) in [6.07, 6.45) is 2.71. The molecular formula is C17H27IN6O. The molecular weight excluding hydrogens is 431 g/mol. The quantitative estimate of drug-likeness (QED) is 0.288. The van der Waals surface area contributed by atoms with Crippen molar-refractivity contribution in [3.05, 3.63) is 41.3 Å². The zero-order valence-electron chi connectivity index (χ0n) is 15.2. The van der Waals surface area contributed by atoms with Crippen LogP contribution in [0.2, 0.25) is 0 Å². The van der Waals surface area contributed by atoms with Gasteiger partial charge in [0.2, 0.25) is 5.88 Å². The summed E-state index contributed by atoms with van der Waals surface area (Å²) >= 11 is 0. The number of hydrogen-bond donors (Lipinski definition) is 2. The lowest BCUT2D eigenvalue weighted by molar-refractivity contribution is 0.397. The van der Waals surface area contributed by atoms with Gasteiger partial charge in [0.05, 0.1) is 12.8 Å². The molecule has 0 aliphatic rings. The molecule has 2 heterocycles. The topological polar surface area (TPSA) is 76.4 Å². The first-order valence-corrected chi connectivity index (χ1v) is 8.07. The van der Waals surface area contributed by atoms with E-state index in [-0.39, 0.29) is 24.0 Å². The summed E-state index contributed by atoms with van der Waals surface area (Å²) in [7, 11) is 3.38. The van der Waals surface area contributed by atoms with Crippen LogP contribution in [-0.2, 0) is 13.1 Å². The minimum absolute atomic E-state index is 0. The first-order chi connectivity index (χ1) is 11.6. The number of pyridine rings is 1. The number of aliphatic imine (C=N–C) groups is 1. The van der Waals surface area contributed by atoms with E-state index in [1.807, 2.05) is 23.7 Å². The van der Waals surface area contributed by atoms with E-state index in [0.717, 1.165) is 36.7 Å². The molecule has 2 N–H and O–H groups in total. The van der Waals surface area contributed by atoms with Gasteiger partial charge in [-0.15, -0.1) is 24.0 Å². The normalized spacial score (nSPS) is 11.0. The third kappa shape index (κ3) is 6.89. The Morgan fingerprint density at radius 2 is 2.08 bits per heavy atom. The van der Waals surface area contributed by atoms with Gasteiger partial charge in [-0.25, -0.2) is 4.98 Å². The van der Waals surface area contributed by atoms with Gasteiger partial charge in [-0.3, -0.25) is 9.67 Å². The monoisotopic (exact) mass is 458 g/mol. The number of hydrogen-bond acceptors (Lipinski definition) is 4. The molecule has 138 valence electrons. The molecule has 2 aromatic rings. The van der Waals surface area contributed by atoms with Crippen LogP contribution in [0.5, 0.6) is 5.88 Å². The van der Waals surface area contributed by atoms with Gasteiger partial charge in [-0.2, -0.15) is 5.10 Å². The van der Waals surface area contributed by atoms with Crippen LogP contribution in [0.25, 0.3) is 0 Å². The van der Waals surface area contributed by atoms with Crippen molar-refractivity contribution in [3.8, 4) is 5.88 Å². The van der Waals surface area contributed by atoms with Gasteiger partial charge in [-0.1, -0.05) is 0 Å². The van der Waals surface area contributed by atoms with Crippen molar-refractivity contribution in [1.82, 2.24) is 25.4 Å². The zero-order valence-corrected chi connectivity index (χ0v) is 17.6. The van der Waals surface area contributed by atoms with Crippen molar-refractivity contribution < 1.29 is 4.74 Å². The Balaban J connectivity index is 0.00000312. The van der Waals surface area contributed by atoms with Crippen LogP contribution in [-0.4, -0.2) is 41.4 Å². The lowest BCUT2D eigenvalue weighted by atomic mass is 10.2. The van der Waals surface area contributed by atoms with Crippen LogP contribution in [0, 0.1) is 13.8 Å². The SMILES string of the molecule is CN=C(NCCCn1nc(C)cc1C)NCc1ccnc(OC)c1.I. The fraction of sp³-hybridized carbons (Fsp3) is 0.471. The number of nitrogens with zero attached hydrogens (tertiary/aromatic N) is 4. The van der Waals surface area contributed by atoms with Crippen molar-refractivity contribution in [2.24, 2.45) is 4.99 Å². The molecule has 0 saturated heterocycles. The zero-order chi connectivity index (χ0) is 17.4. The van der Waals surface area contributed by atoms with Crippen LogP contribution in [0.1, 0.15) is 23.4 Å². The molecule has 0 aliphatic carbocycles. The van der Waals surface area contributed by atoms with Gasteiger partial charge in [-0.05, 0) is 38.0 Å². The van der Waals surface area contributed by atoms with Crippen molar-refractivity contribution in [3.63, 3.8) is 0 Å². The highest BCUT2D eigenvalue weighted by Crippen LogP contribution is 2.07.